The number of rotatable bonds is 8. The Kier molecular flexibility index (Phi) is 7.80. The number of thioether (sulfide) groups is 1. The van der Waals surface area contributed by atoms with Crippen molar-refractivity contribution in [3.05, 3.63) is 70.2 Å². The molecule has 1 heterocycles. The summed E-state index contributed by atoms with van der Waals surface area (Å²) in [6, 6.07) is 13.7. The van der Waals surface area contributed by atoms with E-state index in [1.54, 1.807) is 19.1 Å². The smallest absolute Gasteiger partial charge is 0.250 e. The normalized spacial score (nSPS) is 12.5. The lowest BCUT2D eigenvalue weighted by Crippen LogP contribution is -2.21. The zero-order valence-electron chi connectivity index (χ0n) is 17.3. The van der Waals surface area contributed by atoms with Gasteiger partial charge in [-0.15, -0.1) is 10.2 Å². The Labute approximate surface area is 192 Å². The maximum absolute atomic E-state index is 13.0. The number of carbonyl (C=O) groups is 1. The van der Waals surface area contributed by atoms with E-state index >= 15 is 0 Å². The van der Waals surface area contributed by atoms with E-state index in [1.807, 2.05) is 42.8 Å². The van der Waals surface area contributed by atoms with Crippen LogP contribution in [0.5, 0.6) is 0 Å². The summed E-state index contributed by atoms with van der Waals surface area (Å²) >= 11 is 4.70. The van der Waals surface area contributed by atoms with Crippen LogP contribution in [0.25, 0.3) is 0 Å². The molecule has 0 aliphatic heterocycles. The summed E-state index contributed by atoms with van der Waals surface area (Å²) in [7, 11) is 1.87. The molecule has 162 valence electrons. The Hall–Kier alpha value is -2.72. The van der Waals surface area contributed by atoms with Crippen LogP contribution in [-0.2, 0) is 11.8 Å². The summed E-state index contributed by atoms with van der Waals surface area (Å²) in [5.41, 5.74) is 4.81. The van der Waals surface area contributed by atoms with Gasteiger partial charge in [-0.25, -0.2) is 9.82 Å². The number of hydrazone groups is 1. The van der Waals surface area contributed by atoms with E-state index in [-0.39, 0.29) is 23.5 Å². The number of aromatic nitrogens is 3. The van der Waals surface area contributed by atoms with Crippen molar-refractivity contribution in [3.63, 3.8) is 0 Å². The second-order valence-corrected chi connectivity index (χ2v) is 8.66. The highest BCUT2D eigenvalue weighted by molar-refractivity contribution is 9.10. The molecule has 3 rings (SSSR count). The van der Waals surface area contributed by atoms with Crippen LogP contribution in [0, 0.1) is 5.82 Å². The third kappa shape index (κ3) is 6.38. The molecule has 0 radical (unpaired) electrons. The van der Waals surface area contributed by atoms with Crippen molar-refractivity contribution in [3.8, 4) is 0 Å². The van der Waals surface area contributed by atoms with Crippen LogP contribution >= 0.6 is 27.7 Å². The fraction of sp³-hybridized carbons (Fsp3) is 0.238. The van der Waals surface area contributed by atoms with Gasteiger partial charge in [-0.1, -0.05) is 39.8 Å². The van der Waals surface area contributed by atoms with Gasteiger partial charge in [0.15, 0.2) is 11.0 Å². The first-order chi connectivity index (χ1) is 14.8. The molecule has 2 aromatic carbocycles. The quantitative estimate of drug-likeness (QED) is 0.267. The molecule has 0 aliphatic rings. The van der Waals surface area contributed by atoms with E-state index in [2.05, 4.69) is 42.0 Å². The summed E-state index contributed by atoms with van der Waals surface area (Å²) in [4.78, 5) is 12.2. The Balaban J connectivity index is 1.54. The van der Waals surface area contributed by atoms with Gasteiger partial charge in [0.05, 0.1) is 17.5 Å². The topological polar surface area (TPSA) is 84.2 Å². The first-order valence-electron chi connectivity index (χ1n) is 9.46. The predicted molar refractivity (Wildman–Crippen MR) is 125 cm³/mol. The van der Waals surface area contributed by atoms with E-state index in [4.69, 9.17) is 0 Å². The van der Waals surface area contributed by atoms with Gasteiger partial charge >= 0.3 is 0 Å². The molecule has 0 bridgehead atoms. The minimum atomic E-state index is -0.318. The number of hydrogen-bond acceptors (Lipinski definition) is 6. The largest absolute Gasteiger partial charge is 0.375 e. The number of nitrogens with one attached hydrogen (secondary N) is 2. The average Bonchev–Trinajstić information content (AvgIpc) is 3.13. The second kappa shape index (κ2) is 10.5. The molecule has 7 nitrogen and oxygen atoms in total. The molecule has 1 aromatic heterocycles. The Morgan fingerprint density at radius 3 is 2.55 bits per heavy atom. The van der Waals surface area contributed by atoms with Crippen LogP contribution in [0.3, 0.4) is 0 Å². The fourth-order valence-corrected chi connectivity index (χ4v) is 3.73. The van der Waals surface area contributed by atoms with Crippen LogP contribution in [0.15, 0.2) is 63.3 Å². The van der Waals surface area contributed by atoms with Gasteiger partial charge in [-0.05, 0) is 55.8 Å². The number of halogens is 2. The van der Waals surface area contributed by atoms with Crippen molar-refractivity contribution in [1.82, 2.24) is 20.2 Å². The van der Waals surface area contributed by atoms with Crippen LogP contribution in [-0.4, -0.2) is 32.1 Å². The summed E-state index contributed by atoms with van der Waals surface area (Å²) in [5, 5.41) is 16.5. The third-order valence-electron chi connectivity index (χ3n) is 4.43. The highest BCUT2D eigenvalue weighted by atomic mass is 79.9. The monoisotopic (exact) mass is 504 g/mol. The van der Waals surface area contributed by atoms with E-state index < -0.39 is 0 Å². The molecule has 0 aliphatic carbocycles. The molecule has 1 atom stereocenters. The third-order valence-corrected chi connectivity index (χ3v) is 5.97. The number of benzene rings is 2. The molecule has 0 spiro atoms. The molecule has 10 heteroatoms. The highest BCUT2D eigenvalue weighted by Gasteiger charge is 2.16. The van der Waals surface area contributed by atoms with Gasteiger partial charge in [0.1, 0.15) is 5.82 Å². The standard InChI is InChI=1S/C21H22BrFN6OS/c1-13(15-4-8-17(23)9-5-15)25-26-19(30)12-31-21-28-27-20(29(21)3)14(2)24-18-10-6-16(22)7-11-18/h4-11,14,24H,12H2,1-3H3,(H,26,30). The van der Waals surface area contributed by atoms with Gasteiger partial charge in [0.2, 0.25) is 0 Å². The van der Waals surface area contributed by atoms with Crippen molar-refractivity contribution in [2.45, 2.75) is 25.0 Å². The number of hydrogen-bond donors (Lipinski definition) is 2. The molecular weight excluding hydrogens is 483 g/mol. The highest BCUT2D eigenvalue weighted by Crippen LogP contribution is 2.23. The molecule has 0 saturated heterocycles. The van der Waals surface area contributed by atoms with Crippen molar-refractivity contribution < 1.29 is 9.18 Å². The molecule has 31 heavy (non-hydrogen) atoms. The zero-order chi connectivity index (χ0) is 22.4. The Morgan fingerprint density at radius 2 is 1.87 bits per heavy atom. The van der Waals surface area contributed by atoms with Crippen molar-refractivity contribution in [1.29, 1.82) is 0 Å². The van der Waals surface area contributed by atoms with Gasteiger partial charge < -0.3 is 9.88 Å². The summed E-state index contributed by atoms with van der Waals surface area (Å²) in [6.07, 6.45) is 0. The van der Waals surface area contributed by atoms with E-state index in [0.29, 0.717) is 10.9 Å². The van der Waals surface area contributed by atoms with Crippen molar-refractivity contribution >= 4 is 45.0 Å². The molecule has 2 N–H and O–H groups in total. The molecule has 1 amide bonds. The van der Waals surface area contributed by atoms with Gasteiger partial charge in [-0.2, -0.15) is 5.10 Å². The SMILES string of the molecule is CC(=NNC(=O)CSc1nnc(C(C)Nc2ccc(Br)cc2)n1C)c1ccc(F)cc1. The van der Waals surface area contributed by atoms with Crippen LogP contribution < -0.4 is 10.7 Å². The van der Waals surface area contributed by atoms with Crippen molar-refractivity contribution in [2.75, 3.05) is 11.1 Å². The lowest BCUT2D eigenvalue weighted by molar-refractivity contribution is -0.118. The van der Waals surface area contributed by atoms with E-state index in [0.717, 1.165) is 21.5 Å². The summed E-state index contributed by atoms with van der Waals surface area (Å²) in [5.74, 6) is 0.315. The molecular formula is C21H22BrFN6OS. The first-order valence-corrected chi connectivity index (χ1v) is 11.2. The predicted octanol–water partition coefficient (Wildman–Crippen LogP) is 4.52. The average molecular weight is 505 g/mol. The molecule has 0 saturated carbocycles. The molecule has 3 aromatic rings. The zero-order valence-corrected chi connectivity index (χ0v) is 19.7. The van der Waals surface area contributed by atoms with E-state index in [9.17, 15) is 9.18 Å². The number of anilines is 1. The van der Waals surface area contributed by atoms with Gasteiger partial charge in [0.25, 0.3) is 5.91 Å². The van der Waals surface area contributed by atoms with Crippen molar-refractivity contribution in [2.24, 2.45) is 12.1 Å². The lowest BCUT2D eigenvalue weighted by atomic mass is 10.1. The summed E-state index contributed by atoms with van der Waals surface area (Å²) in [6.45, 7) is 3.75. The second-order valence-electron chi connectivity index (χ2n) is 6.80. The van der Waals surface area contributed by atoms with Gasteiger partial charge in [0, 0.05) is 17.2 Å². The van der Waals surface area contributed by atoms with Crippen LogP contribution in [0.2, 0.25) is 0 Å². The molecule has 0 fully saturated rings. The number of amides is 1. The number of nitrogens with zero attached hydrogens (tertiary/aromatic N) is 4. The van der Waals surface area contributed by atoms with Gasteiger partial charge in [-0.3, -0.25) is 4.79 Å². The summed E-state index contributed by atoms with van der Waals surface area (Å²) < 4.78 is 15.9. The Bertz CT molecular complexity index is 1070. The van der Waals surface area contributed by atoms with E-state index in [1.165, 1.54) is 23.9 Å². The first kappa shape index (κ1) is 23.0. The minimum absolute atomic E-state index is 0.0650. The lowest BCUT2D eigenvalue weighted by Gasteiger charge is -2.14. The molecule has 1 unspecified atom stereocenters. The Morgan fingerprint density at radius 1 is 1.19 bits per heavy atom. The minimum Gasteiger partial charge on any atom is -0.375 e. The maximum Gasteiger partial charge on any atom is 0.250 e. The number of carbonyl (C=O) groups excluding carboxylic acids is 1. The van der Waals surface area contributed by atoms with Crippen LogP contribution in [0.4, 0.5) is 10.1 Å². The van der Waals surface area contributed by atoms with Crippen LogP contribution in [0.1, 0.15) is 31.3 Å². The maximum atomic E-state index is 13.0. The fourth-order valence-electron chi connectivity index (χ4n) is 2.75.